The zero-order valence-corrected chi connectivity index (χ0v) is 21.7. The zero-order chi connectivity index (χ0) is 26.2. The van der Waals surface area contributed by atoms with Gasteiger partial charge in [0, 0.05) is 19.3 Å². The third-order valence-corrected chi connectivity index (χ3v) is 6.92. The van der Waals surface area contributed by atoms with E-state index in [0.29, 0.717) is 42.9 Å². The van der Waals surface area contributed by atoms with E-state index in [9.17, 15) is 14.3 Å². The van der Waals surface area contributed by atoms with Crippen LogP contribution in [0, 0.1) is 17.7 Å². The van der Waals surface area contributed by atoms with Gasteiger partial charge in [-0.15, -0.1) is 0 Å². The molecule has 0 amide bonds. The Hall–Kier alpha value is -3.48. The van der Waals surface area contributed by atoms with Crippen molar-refractivity contribution in [2.24, 2.45) is 11.8 Å². The molecule has 3 aromatic rings. The number of benzene rings is 2. The van der Waals surface area contributed by atoms with E-state index < -0.39 is 5.97 Å². The first-order valence-electron chi connectivity index (χ1n) is 13.2. The highest BCUT2D eigenvalue weighted by Gasteiger charge is 2.23. The maximum Gasteiger partial charge on any atom is 0.339 e. The van der Waals surface area contributed by atoms with Crippen molar-refractivity contribution in [3.8, 4) is 5.75 Å². The first kappa shape index (κ1) is 26.6. The number of aromatic carboxylic acids is 1. The highest BCUT2D eigenvalue weighted by Crippen LogP contribution is 2.26. The van der Waals surface area contributed by atoms with E-state index in [1.165, 1.54) is 12.3 Å². The normalized spacial score (nSPS) is 14.2. The van der Waals surface area contributed by atoms with Gasteiger partial charge in [0.15, 0.2) is 0 Å². The lowest BCUT2D eigenvalue weighted by Crippen LogP contribution is -2.35. The lowest BCUT2D eigenvalue weighted by Gasteiger charge is -2.32. The lowest BCUT2D eigenvalue weighted by molar-refractivity contribution is 0.0694. The van der Waals surface area contributed by atoms with Crippen molar-refractivity contribution in [3.63, 3.8) is 0 Å². The average molecular weight is 506 g/mol. The number of halogens is 1. The molecule has 1 saturated heterocycles. The van der Waals surface area contributed by atoms with Crippen LogP contribution in [-0.4, -0.2) is 40.7 Å². The summed E-state index contributed by atoms with van der Waals surface area (Å²) in [5.41, 5.74) is 2.59. The highest BCUT2D eigenvalue weighted by atomic mass is 19.1. The number of carboxylic acids is 1. The Kier molecular flexibility index (Phi) is 9.09. The minimum absolute atomic E-state index is 0.130. The van der Waals surface area contributed by atoms with E-state index >= 15 is 0 Å². The molecular formula is C30H36FN3O3. The quantitative estimate of drug-likeness (QED) is 0.345. The van der Waals surface area contributed by atoms with Crippen LogP contribution in [0.3, 0.4) is 0 Å². The van der Waals surface area contributed by atoms with Crippen LogP contribution < -0.4 is 9.64 Å². The smallest absolute Gasteiger partial charge is 0.339 e. The predicted molar refractivity (Wildman–Crippen MR) is 143 cm³/mol. The average Bonchev–Trinajstić information content (AvgIpc) is 2.91. The second-order valence-electron chi connectivity index (χ2n) is 10.2. The number of piperidine rings is 1. The molecule has 6 nitrogen and oxygen atoms in total. The Morgan fingerprint density at radius 3 is 2.49 bits per heavy atom. The van der Waals surface area contributed by atoms with Crippen molar-refractivity contribution in [3.05, 3.63) is 82.9 Å². The number of hydrogen-bond donors (Lipinski definition) is 1. The third kappa shape index (κ3) is 7.51. The molecule has 0 bridgehead atoms. The minimum atomic E-state index is -1.01. The Labute approximate surface area is 218 Å². The topological polar surface area (TPSA) is 75.5 Å². The van der Waals surface area contributed by atoms with Crippen LogP contribution in [0.1, 0.15) is 60.3 Å². The van der Waals surface area contributed by atoms with Crippen LogP contribution in [0.25, 0.3) is 0 Å². The van der Waals surface area contributed by atoms with E-state index in [-0.39, 0.29) is 11.4 Å². The van der Waals surface area contributed by atoms with Crippen LogP contribution >= 0.6 is 0 Å². The Morgan fingerprint density at radius 1 is 1.08 bits per heavy atom. The maximum absolute atomic E-state index is 13.9. The fourth-order valence-electron chi connectivity index (χ4n) is 4.69. The molecule has 2 heterocycles. The first-order valence-corrected chi connectivity index (χ1v) is 13.2. The van der Waals surface area contributed by atoms with E-state index in [4.69, 9.17) is 4.74 Å². The maximum atomic E-state index is 13.9. The van der Waals surface area contributed by atoms with Crippen LogP contribution in [0.4, 0.5) is 10.3 Å². The van der Waals surface area contributed by atoms with Gasteiger partial charge in [-0.3, -0.25) is 0 Å². The molecule has 1 aliphatic rings. The summed E-state index contributed by atoms with van der Waals surface area (Å²) in [6, 6.07) is 14.9. The fourth-order valence-corrected chi connectivity index (χ4v) is 4.69. The number of rotatable bonds is 11. The van der Waals surface area contributed by atoms with Gasteiger partial charge in [-0.25, -0.2) is 19.2 Å². The summed E-state index contributed by atoms with van der Waals surface area (Å²) < 4.78 is 19.7. The number of carboxylic acid groups (broad SMARTS) is 1. The molecule has 2 aromatic carbocycles. The molecule has 0 unspecified atom stereocenters. The van der Waals surface area contributed by atoms with Gasteiger partial charge in [-0.1, -0.05) is 44.2 Å². The summed E-state index contributed by atoms with van der Waals surface area (Å²) in [7, 11) is 0. The number of nitrogens with zero attached hydrogens (tertiary/aromatic N) is 3. The second-order valence-corrected chi connectivity index (χ2v) is 10.2. The number of carbonyl (C=O) groups is 1. The van der Waals surface area contributed by atoms with E-state index in [1.807, 2.05) is 36.4 Å². The summed E-state index contributed by atoms with van der Waals surface area (Å²) in [6.07, 6.45) is 6.31. The molecule has 0 radical (unpaired) electrons. The third-order valence-electron chi connectivity index (χ3n) is 6.92. The van der Waals surface area contributed by atoms with Crippen molar-refractivity contribution in [1.29, 1.82) is 0 Å². The minimum Gasteiger partial charge on any atom is -0.493 e. The Bertz CT molecular complexity index is 1170. The molecule has 0 spiro atoms. The van der Waals surface area contributed by atoms with Gasteiger partial charge in [0.1, 0.15) is 11.6 Å². The fraction of sp³-hybridized carbons (Fsp3) is 0.433. The van der Waals surface area contributed by atoms with Crippen LogP contribution in [-0.2, 0) is 19.3 Å². The molecule has 4 rings (SSSR count). The first-order chi connectivity index (χ1) is 17.9. The van der Waals surface area contributed by atoms with Crippen molar-refractivity contribution >= 4 is 11.9 Å². The van der Waals surface area contributed by atoms with Gasteiger partial charge in [0.05, 0.1) is 17.9 Å². The van der Waals surface area contributed by atoms with Crippen molar-refractivity contribution in [2.75, 3.05) is 24.6 Å². The van der Waals surface area contributed by atoms with Crippen LogP contribution in [0.5, 0.6) is 5.75 Å². The molecule has 1 aliphatic heterocycles. The van der Waals surface area contributed by atoms with E-state index in [2.05, 4.69) is 28.7 Å². The van der Waals surface area contributed by atoms with Crippen molar-refractivity contribution in [1.82, 2.24) is 9.97 Å². The number of aryl methyl sites for hydroxylation is 3. The zero-order valence-electron chi connectivity index (χ0n) is 21.7. The Morgan fingerprint density at radius 2 is 1.81 bits per heavy atom. The number of anilines is 1. The van der Waals surface area contributed by atoms with Crippen molar-refractivity contribution < 1.29 is 19.0 Å². The molecule has 0 saturated carbocycles. The van der Waals surface area contributed by atoms with Gasteiger partial charge >= 0.3 is 5.97 Å². The van der Waals surface area contributed by atoms with Gasteiger partial charge in [0.2, 0.25) is 5.95 Å². The summed E-state index contributed by atoms with van der Waals surface area (Å²) in [5.74, 6) is 1.28. The largest absolute Gasteiger partial charge is 0.493 e. The standard InChI is InChI=1S/C30H36FN3O3/c1-21(2)20-37-25-12-8-22(9-13-25)10-14-28-26(29(35)36)19-32-30(33-28)34-17-15-23(16-18-34)7-11-24-5-3-4-6-27(24)31/h3-6,8-9,12-13,19,21,23H,7,10-11,14-18,20H2,1-2H3,(H,35,36). The molecule has 7 heteroatoms. The van der Waals surface area contributed by atoms with Gasteiger partial charge in [-0.05, 0) is 79.7 Å². The van der Waals surface area contributed by atoms with E-state index in [1.54, 1.807) is 6.07 Å². The predicted octanol–water partition coefficient (Wildman–Crippen LogP) is 5.98. The summed E-state index contributed by atoms with van der Waals surface area (Å²) in [5, 5.41) is 9.67. The van der Waals surface area contributed by atoms with Gasteiger partial charge < -0.3 is 14.7 Å². The second kappa shape index (κ2) is 12.7. The molecular weight excluding hydrogens is 469 g/mol. The molecule has 0 aliphatic carbocycles. The molecule has 0 atom stereocenters. The highest BCUT2D eigenvalue weighted by molar-refractivity contribution is 5.88. The summed E-state index contributed by atoms with van der Waals surface area (Å²) in [6.45, 7) is 6.52. The molecule has 196 valence electrons. The monoisotopic (exact) mass is 505 g/mol. The number of aromatic nitrogens is 2. The van der Waals surface area contributed by atoms with Crippen molar-refractivity contribution in [2.45, 2.75) is 52.4 Å². The number of ether oxygens (including phenoxy) is 1. The summed E-state index contributed by atoms with van der Waals surface area (Å²) in [4.78, 5) is 23.0. The SMILES string of the molecule is CC(C)COc1ccc(CCc2nc(N3CCC(CCc4ccccc4F)CC3)ncc2C(=O)O)cc1. The molecule has 1 fully saturated rings. The van der Waals surface area contributed by atoms with Gasteiger partial charge in [0.25, 0.3) is 0 Å². The van der Waals surface area contributed by atoms with Gasteiger partial charge in [-0.2, -0.15) is 0 Å². The molecule has 37 heavy (non-hydrogen) atoms. The van der Waals surface area contributed by atoms with Crippen LogP contribution in [0.2, 0.25) is 0 Å². The van der Waals surface area contributed by atoms with Crippen LogP contribution in [0.15, 0.2) is 54.7 Å². The number of hydrogen-bond acceptors (Lipinski definition) is 5. The molecule has 1 aromatic heterocycles. The van der Waals surface area contributed by atoms with E-state index in [0.717, 1.165) is 55.6 Å². The molecule has 1 N–H and O–H groups in total. The Balaban J connectivity index is 1.34. The summed E-state index contributed by atoms with van der Waals surface area (Å²) >= 11 is 0. The lowest BCUT2D eigenvalue weighted by atomic mass is 9.90.